The van der Waals surface area contributed by atoms with Gasteiger partial charge in [0.1, 0.15) is 21.4 Å². The number of thiophene rings is 1. The van der Waals surface area contributed by atoms with Crippen LogP contribution in [0, 0.1) is 6.92 Å². The Morgan fingerprint density at radius 1 is 1.27 bits per heavy atom. The van der Waals surface area contributed by atoms with E-state index in [1.54, 1.807) is 7.11 Å². The molecule has 0 unspecified atom stereocenters. The molecule has 0 aliphatic heterocycles. The Morgan fingerprint density at radius 2 is 2.07 bits per heavy atom. The van der Waals surface area contributed by atoms with Crippen molar-refractivity contribution in [2.45, 2.75) is 57.4 Å². The summed E-state index contributed by atoms with van der Waals surface area (Å²) in [6.45, 7) is 6.22. The lowest BCUT2D eigenvalue weighted by Gasteiger charge is -2.13. The van der Waals surface area contributed by atoms with Crippen LogP contribution < -0.4 is 10.1 Å². The first-order valence-electron chi connectivity index (χ1n) is 10.4. The van der Waals surface area contributed by atoms with Crippen molar-refractivity contribution in [3.63, 3.8) is 0 Å². The molecule has 0 saturated heterocycles. The third kappa shape index (κ3) is 4.32. The van der Waals surface area contributed by atoms with Crippen molar-refractivity contribution in [2.24, 2.45) is 0 Å². The lowest BCUT2D eigenvalue weighted by molar-refractivity contribution is -0.113. The largest absolute Gasteiger partial charge is 0.495 e. The molecular formula is C23H27N3O2S2. The van der Waals surface area contributed by atoms with Crippen LogP contribution in [0.2, 0.25) is 0 Å². The first kappa shape index (κ1) is 21.1. The summed E-state index contributed by atoms with van der Waals surface area (Å²) in [5, 5.41) is 5.10. The molecule has 1 aliphatic rings. The van der Waals surface area contributed by atoms with Crippen LogP contribution >= 0.6 is 23.1 Å². The third-order valence-corrected chi connectivity index (χ3v) is 7.45. The van der Waals surface area contributed by atoms with Gasteiger partial charge in [-0.2, -0.15) is 0 Å². The number of nitrogens with zero attached hydrogens (tertiary/aromatic N) is 2. The molecule has 2 heterocycles. The predicted octanol–water partition coefficient (Wildman–Crippen LogP) is 5.74. The van der Waals surface area contributed by atoms with Crippen LogP contribution in [0.3, 0.4) is 0 Å². The zero-order chi connectivity index (χ0) is 21.3. The number of thioether (sulfide) groups is 1. The molecule has 158 valence electrons. The number of rotatable bonds is 6. The maximum Gasteiger partial charge on any atom is 0.234 e. The van der Waals surface area contributed by atoms with Gasteiger partial charge in [0, 0.05) is 16.2 Å². The lowest BCUT2D eigenvalue weighted by atomic mass is 9.97. The maximum atomic E-state index is 12.7. The topological polar surface area (TPSA) is 64.1 Å². The molecule has 2 aromatic heterocycles. The smallest absolute Gasteiger partial charge is 0.234 e. The van der Waals surface area contributed by atoms with Gasteiger partial charge in [0.25, 0.3) is 0 Å². The monoisotopic (exact) mass is 441 g/mol. The highest BCUT2D eigenvalue weighted by molar-refractivity contribution is 8.00. The Morgan fingerprint density at radius 3 is 2.83 bits per heavy atom. The number of aryl methyl sites for hydroxylation is 3. The van der Waals surface area contributed by atoms with Crippen molar-refractivity contribution in [3.05, 3.63) is 40.0 Å². The second kappa shape index (κ2) is 8.94. The lowest BCUT2D eigenvalue weighted by Crippen LogP contribution is -2.15. The van der Waals surface area contributed by atoms with Crippen LogP contribution in [-0.2, 0) is 17.6 Å². The number of carbonyl (C=O) groups excluding carboxylic acids is 1. The fourth-order valence-corrected chi connectivity index (χ4v) is 5.94. The number of hydrogen-bond acceptors (Lipinski definition) is 6. The summed E-state index contributed by atoms with van der Waals surface area (Å²) in [5.41, 5.74) is 3.18. The van der Waals surface area contributed by atoms with Gasteiger partial charge in [-0.15, -0.1) is 11.3 Å². The second-order valence-corrected chi connectivity index (χ2v) is 10.0. The maximum absolute atomic E-state index is 12.7. The summed E-state index contributed by atoms with van der Waals surface area (Å²) in [6, 6.07) is 5.77. The minimum absolute atomic E-state index is 0.0640. The summed E-state index contributed by atoms with van der Waals surface area (Å²) in [4.78, 5) is 24.9. The van der Waals surface area contributed by atoms with E-state index in [-0.39, 0.29) is 11.8 Å². The molecule has 30 heavy (non-hydrogen) atoms. The van der Waals surface area contributed by atoms with E-state index >= 15 is 0 Å². The molecule has 0 spiro atoms. The highest BCUT2D eigenvalue weighted by Crippen LogP contribution is 2.40. The summed E-state index contributed by atoms with van der Waals surface area (Å²) >= 11 is 3.31. The average molecular weight is 442 g/mol. The number of amides is 1. The first-order chi connectivity index (χ1) is 14.5. The number of aromatic nitrogens is 2. The zero-order valence-electron chi connectivity index (χ0n) is 17.9. The van der Waals surface area contributed by atoms with Gasteiger partial charge < -0.3 is 10.1 Å². The van der Waals surface area contributed by atoms with E-state index in [2.05, 4.69) is 19.2 Å². The van der Waals surface area contributed by atoms with E-state index < -0.39 is 0 Å². The zero-order valence-corrected chi connectivity index (χ0v) is 19.5. The van der Waals surface area contributed by atoms with Gasteiger partial charge in [0.2, 0.25) is 5.91 Å². The van der Waals surface area contributed by atoms with Crippen molar-refractivity contribution in [3.8, 4) is 5.75 Å². The van der Waals surface area contributed by atoms with Crippen molar-refractivity contribution in [2.75, 3.05) is 18.2 Å². The number of fused-ring (bicyclic) bond motifs is 3. The summed E-state index contributed by atoms with van der Waals surface area (Å²) < 4.78 is 5.37. The number of anilines is 1. The highest BCUT2D eigenvalue weighted by atomic mass is 32.2. The SMILES string of the molecule is COc1ccc(C)cc1NC(=O)CSc1nc(C(C)C)nc2sc3c(c12)CCCC3. The molecule has 0 bridgehead atoms. The van der Waals surface area contributed by atoms with Gasteiger partial charge in [-0.3, -0.25) is 4.79 Å². The van der Waals surface area contributed by atoms with Crippen molar-refractivity contribution in [1.29, 1.82) is 0 Å². The third-order valence-electron chi connectivity index (χ3n) is 5.28. The Bertz CT molecular complexity index is 1090. The van der Waals surface area contributed by atoms with E-state index in [1.165, 1.54) is 40.4 Å². The molecule has 3 aromatic rings. The Balaban J connectivity index is 1.59. The number of methoxy groups -OCH3 is 1. The van der Waals surface area contributed by atoms with Gasteiger partial charge in [-0.25, -0.2) is 9.97 Å². The highest BCUT2D eigenvalue weighted by Gasteiger charge is 2.22. The van der Waals surface area contributed by atoms with Gasteiger partial charge in [0.05, 0.1) is 18.6 Å². The van der Waals surface area contributed by atoms with Crippen LogP contribution in [0.1, 0.15) is 54.4 Å². The molecular weight excluding hydrogens is 414 g/mol. The van der Waals surface area contributed by atoms with Crippen LogP contribution in [0.15, 0.2) is 23.2 Å². The van der Waals surface area contributed by atoms with Gasteiger partial charge in [0.15, 0.2) is 0 Å². The van der Waals surface area contributed by atoms with E-state index in [0.29, 0.717) is 17.2 Å². The van der Waals surface area contributed by atoms with E-state index in [1.807, 2.05) is 36.5 Å². The number of ether oxygens (including phenoxy) is 1. The molecule has 1 aromatic carbocycles. The first-order valence-corrected chi connectivity index (χ1v) is 12.2. The van der Waals surface area contributed by atoms with Crippen molar-refractivity contribution >= 4 is 44.9 Å². The summed E-state index contributed by atoms with van der Waals surface area (Å²) in [7, 11) is 1.61. The quantitative estimate of drug-likeness (QED) is 0.390. The molecule has 0 saturated carbocycles. The van der Waals surface area contributed by atoms with Gasteiger partial charge in [-0.05, 0) is 55.9 Å². The summed E-state index contributed by atoms with van der Waals surface area (Å²) in [6.07, 6.45) is 4.67. The minimum atomic E-state index is -0.0640. The van der Waals surface area contributed by atoms with Crippen LogP contribution in [0.5, 0.6) is 5.75 Å². The molecule has 0 atom stereocenters. The summed E-state index contributed by atoms with van der Waals surface area (Å²) in [5.74, 6) is 2.00. The molecule has 1 aliphatic carbocycles. The standard InChI is InChI=1S/C23H27N3O2S2/c1-13(2)21-25-22(20-15-7-5-6-8-18(15)30-23(20)26-21)29-12-19(27)24-16-11-14(3)9-10-17(16)28-4/h9-11,13H,5-8,12H2,1-4H3,(H,24,27). The molecule has 4 rings (SSSR count). The number of carbonyl (C=O) groups is 1. The number of benzene rings is 1. The molecule has 1 amide bonds. The van der Waals surface area contributed by atoms with Crippen LogP contribution in [0.4, 0.5) is 5.69 Å². The molecule has 0 fully saturated rings. The Kier molecular flexibility index (Phi) is 6.29. The van der Waals surface area contributed by atoms with E-state index in [4.69, 9.17) is 14.7 Å². The molecule has 7 heteroatoms. The van der Waals surface area contributed by atoms with Crippen LogP contribution in [-0.4, -0.2) is 28.7 Å². The molecule has 0 radical (unpaired) electrons. The Hall–Kier alpha value is -2.12. The normalized spacial score (nSPS) is 13.5. The average Bonchev–Trinajstić information content (AvgIpc) is 3.10. The fourth-order valence-electron chi connectivity index (χ4n) is 3.74. The minimum Gasteiger partial charge on any atom is -0.495 e. The van der Waals surface area contributed by atoms with Crippen LogP contribution in [0.25, 0.3) is 10.2 Å². The van der Waals surface area contributed by atoms with Gasteiger partial charge >= 0.3 is 0 Å². The van der Waals surface area contributed by atoms with E-state index in [9.17, 15) is 4.79 Å². The predicted molar refractivity (Wildman–Crippen MR) is 125 cm³/mol. The van der Waals surface area contributed by atoms with E-state index in [0.717, 1.165) is 34.1 Å². The second-order valence-electron chi connectivity index (χ2n) is 7.97. The number of nitrogens with one attached hydrogen (secondary N) is 1. The Labute approximate surface area is 185 Å². The van der Waals surface area contributed by atoms with Crippen molar-refractivity contribution < 1.29 is 9.53 Å². The molecule has 5 nitrogen and oxygen atoms in total. The fraction of sp³-hybridized carbons (Fsp3) is 0.435. The number of hydrogen-bond donors (Lipinski definition) is 1. The van der Waals surface area contributed by atoms with Crippen molar-refractivity contribution in [1.82, 2.24) is 9.97 Å². The molecule has 1 N–H and O–H groups in total. The van der Waals surface area contributed by atoms with Gasteiger partial charge in [-0.1, -0.05) is 31.7 Å².